The Balaban J connectivity index is 2.44. The lowest BCUT2D eigenvalue weighted by Crippen LogP contribution is -2.25. The van der Waals surface area contributed by atoms with Crippen molar-refractivity contribution in [2.75, 3.05) is 0 Å². The van der Waals surface area contributed by atoms with Crippen LogP contribution in [0.1, 0.15) is 53.0 Å². The van der Waals surface area contributed by atoms with E-state index >= 15 is 0 Å². The zero-order chi connectivity index (χ0) is 15.4. The number of pyridine rings is 1. The van der Waals surface area contributed by atoms with Gasteiger partial charge in [-0.1, -0.05) is 26.0 Å². The first kappa shape index (κ1) is 14.1. The van der Waals surface area contributed by atoms with Crippen LogP contribution in [0.3, 0.4) is 0 Å². The normalized spacial score (nSPS) is 16.8. The molecule has 110 valence electrons. The van der Waals surface area contributed by atoms with Crippen molar-refractivity contribution in [2.45, 2.75) is 47.0 Å². The van der Waals surface area contributed by atoms with Crippen LogP contribution in [0.5, 0.6) is 0 Å². The number of fused-ring (bicyclic) bond motifs is 2. The summed E-state index contributed by atoms with van der Waals surface area (Å²) in [5.74, 6) is -0.829. The molecular weight excluding hydrogens is 262 g/mol. The highest BCUT2D eigenvalue weighted by Gasteiger charge is 2.31. The largest absolute Gasteiger partial charge is 0.478 e. The molecular formula is C18H21NO2. The van der Waals surface area contributed by atoms with E-state index in [1.165, 1.54) is 0 Å². The number of nitrogens with zero attached hydrogens (tertiary/aromatic N) is 1. The molecule has 3 nitrogen and oxygen atoms in total. The Bertz CT molecular complexity index is 760. The molecule has 1 aliphatic carbocycles. The zero-order valence-electron chi connectivity index (χ0n) is 13.1. The molecule has 1 heterocycles. The van der Waals surface area contributed by atoms with Crippen LogP contribution in [0.25, 0.3) is 10.9 Å². The highest BCUT2D eigenvalue weighted by atomic mass is 16.4. The summed E-state index contributed by atoms with van der Waals surface area (Å²) < 4.78 is 0. The first-order valence-electron chi connectivity index (χ1n) is 7.45. The number of aromatic carboxylic acids is 1. The van der Waals surface area contributed by atoms with Gasteiger partial charge in [-0.2, -0.15) is 0 Å². The van der Waals surface area contributed by atoms with Crippen molar-refractivity contribution >= 4 is 16.9 Å². The first-order chi connectivity index (χ1) is 9.80. The van der Waals surface area contributed by atoms with E-state index in [4.69, 9.17) is 4.98 Å². The number of aryl methyl sites for hydroxylation is 3. The molecule has 0 radical (unpaired) electrons. The summed E-state index contributed by atoms with van der Waals surface area (Å²) in [6.07, 6.45) is 2.72. The molecule has 21 heavy (non-hydrogen) atoms. The van der Waals surface area contributed by atoms with Gasteiger partial charge in [-0.3, -0.25) is 4.98 Å². The minimum atomic E-state index is -0.829. The SMILES string of the molecule is Cc1ccc(C)c2c(C(=O)O)c3c(nc12)CCC(C)(C)C3. The van der Waals surface area contributed by atoms with Gasteiger partial charge in [0.05, 0.1) is 11.1 Å². The molecule has 2 aromatic rings. The second-order valence-corrected chi connectivity index (χ2v) is 6.98. The van der Waals surface area contributed by atoms with Crippen LogP contribution < -0.4 is 0 Å². The third-order valence-electron chi connectivity index (χ3n) is 4.64. The number of carboxylic acid groups (broad SMARTS) is 1. The summed E-state index contributed by atoms with van der Waals surface area (Å²) in [6.45, 7) is 8.37. The predicted octanol–water partition coefficient (Wildman–Crippen LogP) is 4.06. The van der Waals surface area contributed by atoms with Crippen molar-refractivity contribution in [3.8, 4) is 0 Å². The smallest absolute Gasteiger partial charge is 0.336 e. The van der Waals surface area contributed by atoms with Crippen molar-refractivity contribution in [1.82, 2.24) is 4.98 Å². The summed E-state index contributed by atoms with van der Waals surface area (Å²) in [6, 6.07) is 4.02. The van der Waals surface area contributed by atoms with Gasteiger partial charge >= 0.3 is 5.97 Å². The summed E-state index contributed by atoms with van der Waals surface area (Å²) in [5.41, 5.74) is 5.43. The number of hydrogen-bond acceptors (Lipinski definition) is 2. The first-order valence-corrected chi connectivity index (χ1v) is 7.45. The highest BCUT2D eigenvalue weighted by molar-refractivity contribution is 6.06. The second kappa shape index (κ2) is 4.55. The van der Waals surface area contributed by atoms with E-state index < -0.39 is 5.97 Å². The molecule has 0 amide bonds. The Morgan fingerprint density at radius 3 is 2.57 bits per heavy atom. The average molecular weight is 283 g/mol. The lowest BCUT2D eigenvalue weighted by molar-refractivity contribution is 0.0696. The maximum atomic E-state index is 11.9. The van der Waals surface area contributed by atoms with Crippen molar-refractivity contribution < 1.29 is 9.90 Å². The van der Waals surface area contributed by atoms with Crippen LogP contribution in [0.15, 0.2) is 12.1 Å². The van der Waals surface area contributed by atoms with Crippen LogP contribution in [0.2, 0.25) is 0 Å². The van der Waals surface area contributed by atoms with Crippen LogP contribution in [-0.4, -0.2) is 16.1 Å². The Morgan fingerprint density at radius 2 is 1.90 bits per heavy atom. The molecule has 0 saturated heterocycles. The van der Waals surface area contributed by atoms with Gasteiger partial charge < -0.3 is 5.11 Å². The Kier molecular flexibility index (Phi) is 3.05. The number of carboxylic acids is 1. The van der Waals surface area contributed by atoms with Gasteiger partial charge in [-0.05, 0) is 55.2 Å². The maximum Gasteiger partial charge on any atom is 0.336 e. The van der Waals surface area contributed by atoms with E-state index in [0.717, 1.165) is 52.5 Å². The molecule has 0 saturated carbocycles. The number of rotatable bonds is 1. The molecule has 0 spiro atoms. The molecule has 0 fully saturated rings. The van der Waals surface area contributed by atoms with Gasteiger partial charge in [0.1, 0.15) is 0 Å². The van der Waals surface area contributed by atoms with E-state index in [0.29, 0.717) is 5.56 Å². The van der Waals surface area contributed by atoms with Gasteiger partial charge in [-0.25, -0.2) is 4.79 Å². The Hall–Kier alpha value is -1.90. The van der Waals surface area contributed by atoms with Crippen molar-refractivity contribution in [3.05, 3.63) is 40.1 Å². The van der Waals surface area contributed by atoms with E-state index in [1.807, 2.05) is 26.0 Å². The molecule has 0 unspecified atom stereocenters. The molecule has 3 rings (SSSR count). The molecule has 1 aromatic heterocycles. The number of hydrogen-bond donors (Lipinski definition) is 1. The maximum absolute atomic E-state index is 11.9. The fraction of sp³-hybridized carbons (Fsp3) is 0.444. The lowest BCUT2D eigenvalue weighted by atomic mass is 9.74. The molecule has 0 aliphatic heterocycles. The van der Waals surface area contributed by atoms with Crippen LogP contribution in [0.4, 0.5) is 0 Å². The number of carbonyl (C=O) groups is 1. The summed E-state index contributed by atoms with van der Waals surface area (Å²) in [7, 11) is 0. The van der Waals surface area contributed by atoms with Crippen molar-refractivity contribution in [1.29, 1.82) is 0 Å². The fourth-order valence-electron chi connectivity index (χ4n) is 3.41. The standard InChI is InChI=1S/C18H21NO2/c1-10-5-6-11(2)16-14(10)15(17(20)21)12-9-18(3,4)8-7-13(12)19-16/h5-6H,7-9H2,1-4H3,(H,20,21). The Morgan fingerprint density at radius 1 is 1.24 bits per heavy atom. The topological polar surface area (TPSA) is 50.2 Å². The average Bonchev–Trinajstić information content (AvgIpc) is 2.40. The molecule has 0 atom stereocenters. The lowest BCUT2D eigenvalue weighted by Gasteiger charge is -2.32. The highest BCUT2D eigenvalue weighted by Crippen LogP contribution is 2.39. The molecule has 1 aliphatic rings. The molecule has 3 heteroatoms. The number of aromatic nitrogens is 1. The zero-order valence-corrected chi connectivity index (χ0v) is 13.1. The van der Waals surface area contributed by atoms with Gasteiger partial charge in [0.2, 0.25) is 0 Å². The molecule has 1 N–H and O–H groups in total. The van der Waals surface area contributed by atoms with Crippen LogP contribution in [-0.2, 0) is 12.8 Å². The van der Waals surface area contributed by atoms with Crippen LogP contribution in [0, 0.1) is 19.3 Å². The minimum Gasteiger partial charge on any atom is -0.478 e. The van der Waals surface area contributed by atoms with Gasteiger partial charge in [-0.15, -0.1) is 0 Å². The summed E-state index contributed by atoms with van der Waals surface area (Å²) >= 11 is 0. The molecule has 0 bridgehead atoms. The van der Waals surface area contributed by atoms with Gasteiger partial charge in [0, 0.05) is 11.1 Å². The summed E-state index contributed by atoms with van der Waals surface area (Å²) in [5, 5.41) is 10.6. The van der Waals surface area contributed by atoms with Gasteiger partial charge in [0.25, 0.3) is 0 Å². The third-order valence-corrected chi connectivity index (χ3v) is 4.64. The van der Waals surface area contributed by atoms with Crippen LogP contribution >= 0.6 is 0 Å². The van der Waals surface area contributed by atoms with E-state index in [-0.39, 0.29) is 5.41 Å². The number of benzene rings is 1. The minimum absolute atomic E-state index is 0.143. The fourth-order valence-corrected chi connectivity index (χ4v) is 3.41. The second-order valence-electron chi connectivity index (χ2n) is 6.98. The van der Waals surface area contributed by atoms with E-state index in [9.17, 15) is 9.90 Å². The van der Waals surface area contributed by atoms with Gasteiger partial charge in [0.15, 0.2) is 0 Å². The molecule has 1 aromatic carbocycles. The van der Waals surface area contributed by atoms with Crippen molar-refractivity contribution in [3.63, 3.8) is 0 Å². The quantitative estimate of drug-likeness (QED) is 0.858. The Labute approximate surface area is 125 Å². The monoisotopic (exact) mass is 283 g/mol. The summed E-state index contributed by atoms with van der Waals surface area (Å²) in [4.78, 5) is 16.8. The third kappa shape index (κ3) is 2.21. The van der Waals surface area contributed by atoms with E-state index in [1.54, 1.807) is 0 Å². The van der Waals surface area contributed by atoms with E-state index in [2.05, 4.69) is 13.8 Å². The van der Waals surface area contributed by atoms with Crippen molar-refractivity contribution in [2.24, 2.45) is 5.41 Å². The predicted molar refractivity (Wildman–Crippen MR) is 84.0 cm³/mol.